The van der Waals surface area contributed by atoms with E-state index < -0.39 is 20.9 Å². The van der Waals surface area contributed by atoms with Crippen molar-refractivity contribution in [2.45, 2.75) is 11.4 Å². The lowest BCUT2D eigenvalue weighted by Gasteiger charge is -2.16. The van der Waals surface area contributed by atoms with Crippen LogP contribution >= 0.6 is 11.6 Å². The molecule has 0 atom stereocenters. The first kappa shape index (κ1) is 21.6. The van der Waals surface area contributed by atoms with Crippen LogP contribution in [0.1, 0.15) is 15.9 Å². The average molecular weight is 448 g/mol. The van der Waals surface area contributed by atoms with Gasteiger partial charge in [0.15, 0.2) is 0 Å². The normalized spacial score (nSPS) is 11.1. The lowest BCUT2D eigenvalue weighted by atomic mass is 10.1. The van der Waals surface area contributed by atoms with Crippen LogP contribution in [0, 0.1) is 0 Å². The van der Waals surface area contributed by atoms with Gasteiger partial charge in [-0.15, -0.1) is 0 Å². The number of carboxylic acid groups (broad SMARTS) is 1. The molecule has 156 valence electrons. The number of primary sulfonamides is 1. The van der Waals surface area contributed by atoms with Crippen molar-refractivity contribution in [2.24, 2.45) is 5.14 Å². The molecule has 0 bridgehead atoms. The Morgan fingerprint density at radius 3 is 2.43 bits per heavy atom. The lowest BCUT2D eigenvalue weighted by Crippen LogP contribution is -2.23. The van der Waals surface area contributed by atoms with E-state index >= 15 is 0 Å². The van der Waals surface area contributed by atoms with Crippen LogP contribution in [0.5, 0.6) is 11.5 Å². The standard InChI is InChI=1S/C20H18ClN3O5S/c21-14-7-4-8-15(9-14)29-18-11-17(24-23-12-13-5-2-1-3-6-13)16(20(25)26)10-19(18)30(22,27)28/h1-11,23-24H,12H2,(H,25,26)(H2,22,27,28). The number of ether oxygens (including phenoxy) is 1. The molecule has 0 heterocycles. The van der Waals surface area contributed by atoms with Gasteiger partial charge in [0.05, 0.1) is 11.3 Å². The minimum atomic E-state index is -4.27. The Morgan fingerprint density at radius 1 is 1.07 bits per heavy atom. The number of aromatic carboxylic acids is 1. The van der Waals surface area contributed by atoms with E-state index in [1.165, 1.54) is 12.1 Å². The quantitative estimate of drug-likeness (QED) is 0.388. The van der Waals surface area contributed by atoms with Gasteiger partial charge in [-0.05, 0) is 29.8 Å². The summed E-state index contributed by atoms with van der Waals surface area (Å²) in [5, 5.41) is 15.2. The van der Waals surface area contributed by atoms with Crippen molar-refractivity contribution < 1.29 is 23.1 Å². The molecule has 0 saturated carbocycles. The number of hydrazine groups is 1. The van der Waals surface area contributed by atoms with E-state index in [-0.39, 0.29) is 22.7 Å². The van der Waals surface area contributed by atoms with Crippen LogP contribution in [0.2, 0.25) is 5.02 Å². The highest BCUT2D eigenvalue weighted by molar-refractivity contribution is 7.89. The molecule has 0 spiro atoms. The third-order valence-electron chi connectivity index (χ3n) is 4.00. The molecule has 0 aliphatic rings. The van der Waals surface area contributed by atoms with Crippen LogP contribution in [0.15, 0.2) is 71.6 Å². The van der Waals surface area contributed by atoms with E-state index in [4.69, 9.17) is 21.5 Å². The topological polar surface area (TPSA) is 131 Å². The van der Waals surface area contributed by atoms with Crippen molar-refractivity contribution in [2.75, 3.05) is 5.43 Å². The zero-order valence-corrected chi connectivity index (χ0v) is 17.1. The molecule has 3 rings (SSSR count). The Kier molecular flexibility index (Phi) is 6.58. The molecule has 0 amide bonds. The molecular weight excluding hydrogens is 430 g/mol. The summed E-state index contributed by atoms with van der Waals surface area (Å²) in [6.07, 6.45) is 0. The molecule has 0 aliphatic carbocycles. The van der Waals surface area contributed by atoms with Gasteiger partial charge in [0.1, 0.15) is 16.4 Å². The van der Waals surface area contributed by atoms with Crippen molar-refractivity contribution in [3.63, 3.8) is 0 Å². The molecule has 0 unspecified atom stereocenters. The summed E-state index contributed by atoms with van der Waals surface area (Å²) in [6, 6.07) is 17.9. The Bertz CT molecular complexity index is 1170. The van der Waals surface area contributed by atoms with Crippen molar-refractivity contribution in [1.29, 1.82) is 0 Å². The zero-order valence-electron chi connectivity index (χ0n) is 15.5. The average Bonchev–Trinajstić information content (AvgIpc) is 2.68. The monoisotopic (exact) mass is 447 g/mol. The number of carboxylic acids is 1. The summed E-state index contributed by atoms with van der Waals surface area (Å²) in [7, 11) is -4.27. The fraction of sp³-hybridized carbons (Fsp3) is 0.0500. The molecule has 0 saturated heterocycles. The van der Waals surface area contributed by atoms with Gasteiger partial charge in [-0.2, -0.15) is 0 Å². The fourth-order valence-corrected chi connectivity index (χ4v) is 3.48. The Balaban J connectivity index is 1.96. The second-order valence-electron chi connectivity index (χ2n) is 6.22. The maximum absolute atomic E-state index is 12.0. The molecule has 3 aromatic rings. The molecule has 0 aromatic heterocycles. The van der Waals surface area contributed by atoms with Gasteiger partial charge >= 0.3 is 5.97 Å². The highest BCUT2D eigenvalue weighted by atomic mass is 35.5. The molecule has 10 heteroatoms. The Hall–Kier alpha value is -3.11. The number of hydrogen-bond acceptors (Lipinski definition) is 6. The predicted octanol–water partition coefficient (Wildman–Crippen LogP) is 3.59. The molecule has 0 radical (unpaired) electrons. The second kappa shape index (κ2) is 9.14. The highest BCUT2D eigenvalue weighted by Gasteiger charge is 2.23. The SMILES string of the molecule is NS(=O)(=O)c1cc(C(=O)O)c(NNCc2ccccc2)cc1Oc1cccc(Cl)c1. The maximum atomic E-state index is 12.0. The number of carbonyl (C=O) groups is 1. The number of sulfonamides is 1. The fourth-order valence-electron chi connectivity index (χ4n) is 2.64. The van der Waals surface area contributed by atoms with E-state index in [1.54, 1.807) is 18.2 Å². The molecular formula is C20H18ClN3O5S. The van der Waals surface area contributed by atoms with Crippen LogP contribution in [0.4, 0.5) is 5.69 Å². The first-order valence-electron chi connectivity index (χ1n) is 8.64. The number of hydrogen-bond donors (Lipinski definition) is 4. The second-order valence-corrected chi connectivity index (χ2v) is 8.18. The summed E-state index contributed by atoms with van der Waals surface area (Å²) < 4.78 is 29.7. The maximum Gasteiger partial charge on any atom is 0.337 e. The van der Waals surface area contributed by atoms with Crippen molar-refractivity contribution >= 4 is 33.3 Å². The third-order valence-corrected chi connectivity index (χ3v) is 5.17. The number of halogens is 1. The van der Waals surface area contributed by atoms with Gasteiger partial charge in [-0.1, -0.05) is 48.0 Å². The first-order chi connectivity index (χ1) is 14.2. The summed E-state index contributed by atoms with van der Waals surface area (Å²) in [6.45, 7) is 0.390. The number of benzene rings is 3. The Labute approximate surface area is 178 Å². The molecule has 0 fully saturated rings. The van der Waals surface area contributed by atoms with E-state index in [2.05, 4.69) is 10.9 Å². The van der Waals surface area contributed by atoms with Gasteiger partial charge in [0.2, 0.25) is 10.0 Å². The molecule has 8 nitrogen and oxygen atoms in total. The molecule has 0 aliphatic heterocycles. The van der Waals surface area contributed by atoms with Crippen molar-refractivity contribution in [1.82, 2.24) is 5.43 Å². The summed E-state index contributed by atoms with van der Waals surface area (Å²) in [5.41, 5.74) is 6.45. The van der Waals surface area contributed by atoms with Crippen LogP contribution in [0.25, 0.3) is 0 Å². The minimum absolute atomic E-state index is 0.0999. The third kappa shape index (κ3) is 5.49. The molecule has 5 N–H and O–H groups in total. The Morgan fingerprint density at radius 2 is 1.80 bits per heavy atom. The number of anilines is 1. The van der Waals surface area contributed by atoms with Gasteiger partial charge in [0, 0.05) is 17.6 Å². The van der Waals surface area contributed by atoms with Crippen molar-refractivity contribution in [3.8, 4) is 11.5 Å². The van der Waals surface area contributed by atoms with Crippen molar-refractivity contribution in [3.05, 3.63) is 82.9 Å². The van der Waals surface area contributed by atoms with E-state index in [1.807, 2.05) is 30.3 Å². The van der Waals surface area contributed by atoms with Gasteiger partial charge < -0.3 is 15.3 Å². The zero-order chi connectivity index (χ0) is 21.7. The van der Waals surface area contributed by atoms with Gasteiger partial charge in [-0.3, -0.25) is 0 Å². The van der Waals surface area contributed by atoms with E-state index in [0.717, 1.165) is 11.6 Å². The smallest absolute Gasteiger partial charge is 0.337 e. The predicted molar refractivity (Wildman–Crippen MR) is 113 cm³/mol. The highest BCUT2D eigenvalue weighted by Crippen LogP contribution is 2.34. The lowest BCUT2D eigenvalue weighted by molar-refractivity contribution is 0.0697. The van der Waals surface area contributed by atoms with E-state index in [0.29, 0.717) is 11.6 Å². The van der Waals surface area contributed by atoms with Gasteiger partial charge in [0.25, 0.3) is 0 Å². The van der Waals surface area contributed by atoms with Crippen LogP contribution in [0.3, 0.4) is 0 Å². The summed E-state index contributed by atoms with van der Waals surface area (Å²) in [5.74, 6) is -1.22. The first-order valence-corrected chi connectivity index (χ1v) is 10.6. The molecule has 30 heavy (non-hydrogen) atoms. The summed E-state index contributed by atoms with van der Waals surface area (Å²) >= 11 is 5.94. The summed E-state index contributed by atoms with van der Waals surface area (Å²) in [4.78, 5) is 11.2. The van der Waals surface area contributed by atoms with E-state index in [9.17, 15) is 18.3 Å². The van der Waals surface area contributed by atoms with Crippen LogP contribution < -0.4 is 20.7 Å². The number of nitrogens with one attached hydrogen (secondary N) is 2. The van der Waals surface area contributed by atoms with Crippen LogP contribution in [-0.4, -0.2) is 19.5 Å². The van der Waals surface area contributed by atoms with Gasteiger partial charge in [-0.25, -0.2) is 23.8 Å². The minimum Gasteiger partial charge on any atom is -0.478 e. The van der Waals surface area contributed by atoms with Crippen LogP contribution in [-0.2, 0) is 16.6 Å². The largest absolute Gasteiger partial charge is 0.478 e. The molecule has 3 aromatic carbocycles. The number of rotatable bonds is 8. The number of nitrogens with two attached hydrogens (primary N) is 1.